The Labute approximate surface area is 118 Å². The second-order valence-electron chi connectivity index (χ2n) is 6.39. The molecule has 2 unspecified atom stereocenters. The summed E-state index contributed by atoms with van der Waals surface area (Å²) in [6.45, 7) is 8.91. The van der Waals surface area contributed by atoms with Crippen LogP contribution in [-0.4, -0.2) is 42.5 Å². The highest BCUT2D eigenvalue weighted by Gasteiger charge is 2.29. The van der Waals surface area contributed by atoms with Crippen LogP contribution in [-0.2, 0) is 4.79 Å². The van der Waals surface area contributed by atoms with Crippen LogP contribution in [0.2, 0.25) is 0 Å². The smallest absolute Gasteiger partial charge is 0.237 e. The van der Waals surface area contributed by atoms with Gasteiger partial charge < -0.3 is 16.0 Å². The molecule has 0 saturated carbocycles. The van der Waals surface area contributed by atoms with Crippen molar-refractivity contribution >= 4 is 5.91 Å². The number of hydrogen-bond donors (Lipinski definition) is 2. The Morgan fingerprint density at radius 2 is 2.16 bits per heavy atom. The van der Waals surface area contributed by atoms with Crippen LogP contribution in [0.3, 0.4) is 0 Å². The number of hydrogen-bond acceptors (Lipinski definition) is 3. The van der Waals surface area contributed by atoms with E-state index in [0.29, 0.717) is 0 Å². The number of rotatable bonds is 8. The number of likely N-dealkylation sites (tertiary alicyclic amines) is 1. The number of primary amides is 1. The first kappa shape index (κ1) is 16.4. The van der Waals surface area contributed by atoms with Gasteiger partial charge >= 0.3 is 0 Å². The van der Waals surface area contributed by atoms with Crippen LogP contribution in [0.15, 0.2) is 0 Å². The van der Waals surface area contributed by atoms with Crippen LogP contribution in [0.4, 0.5) is 0 Å². The maximum atomic E-state index is 11.4. The largest absolute Gasteiger partial charge is 0.368 e. The highest BCUT2D eigenvalue weighted by Crippen LogP contribution is 2.24. The number of carbonyl (C=O) groups is 1. The van der Waals surface area contributed by atoms with E-state index in [4.69, 9.17) is 5.73 Å². The summed E-state index contributed by atoms with van der Waals surface area (Å²) in [5, 5.41) is 3.05. The number of amides is 1. The van der Waals surface area contributed by atoms with Crippen molar-refractivity contribution < 1.29 is 4.79 Å². The fraction of sp³-hybridized carbons (Fsp3) is 0.933. The van der Waals surface area contributed by atoms with Crippen molar-refractivity contribution in [2.75, 3.05) is 20.1 Å². The van der Waals surface area contributed by atoms with Gasteiger partial charge in [0.25, 0.3) is 0 Å². The van der Waals surface area contributed by atoms with Gasteiger partial charge in [0.05, 0.1) is 5.54 Å². The zero-order chi connectivity index (χ0) is 14.5. The summed E-state index contributed by atoms with van der Waals surface area (Å²) >= 11 is 0. The van der Waals surface area contributed by atoms with Crippen molar-refractivity contribution in [3.63, 3.8) is 0 Å². The molecule has 112 valence electrons. The van der Waals surface area contributed by atoms with Crippen LogP contribution in [0.1, 0.15) is 52.9 Å². The highest BCUT2D eigenvalue weighted by atomic mass is 16.1. The molecule has 0 aromatic carbocycles. The monoisotopic (exact) mass is 269 g/mol. The zero-order valence-corrected chi connectivity index (χ0v) is 13.0. The van der Waals surface area contributed by atoms with E-state index in [0.717, 1.165) is 37.8 Å². The summed E-state index contributed by atoms with van der Waals surface area (Å²) in [5.41, 5.74) is 4.88. The Morgan fingerprint density at radius 1 is 1.47 bits per heavy atom. The fourth-order valence-corrected chi connectivity index (χ4v) is 3.05. The molecule has 1 aliphatic heterocycles. The molecule has 4 heteroatoms. The van der Waals surface area contributed by atoms with Crippen molar-refractivity contribution in [1.82, 2.24) is 10.2 Å². The van der Waals surface area contributed by atoms with Gasteiger partial charge in [0.15, 0.2) is 0 Å². The van der Waals surface area contributed by atoms with Crippen molar-refractivity contribution in [1.29, 1.82) is 0 Å². The lowest BCUT2D eigenvalue weighted by Gasteiger charge is -2.29. The van der Waals surface area contributed by atoms with E-state index in [1.165, 1.54) is 19.4 Å². The summed E-state index contributed by atoms with van der Waals surface area (Å²) in [7, 11) is 1.81. The number of carbonyl (C=O) groups excluding carboxylic acids is 1. The Balaban J connectivity index is 2.29. The van der Waals surface area contributed by atoms with Crippen molar-refractivity contribution in [3.05, 3.63) is 0 Å². The average molecular weight is 269 g/mol. The van der Waals surface area contributed by atoms with E-state index in [1.54, 1.807) is 7.05 Å². The molecule has 0 radical (unpaired) electrons. The first-order valence-electron chi connectivity index (χ1n) is 7.63. The van der Waals surface area contributed by atoms with Crippen LogP contribution >= 0.6 is 0 Å². The molecular weight excluding hydrogens is 238 g/mol. The number of nitrogens with one attached hydrogen (secondary N) is 1. The predicted molar refractivity (Wildman–Crippen MR) is 79.9 cm³/mol. The molecule has 0 aromatic rings. The molecule has 2 atom stereocenters. The van der Waals surface area contributed by atoms with E-state index in [2.05, 4.69) is 24.1 Å². The van der Waals surface area contributed by atoms with Gasteiger partial charge in [-0.15, -0.1) is 0 Å². The molecular formula is C15H31N3O. The Hall–Kier alpha value is -0.610. The lowest BCUT2D eigenvalue weighted by atomic mass is 9.94. The van der Waals surface area contributed by atoms with Gasteiger partial charge in [0.2, 0.25) is 5.91 Å². The number of unbranched alkanes of at least 4 members (excludes halogenated alkanes) is 1. The van der Waals surface area contributed by atoms with E-state index in [9.17, 15) is 4.79 Å². The van der Waals surface area contributed by atoms with Crippen LogP contribution in [0, 0.1) is 5.92 Å². The number of nitrogens with zero attached hydrogens (tertiary/aromatic N) is 1. The van der Waals surface area contributed by atoms with E-state index in [1.807, 2.05) is 6.92 Å². The summed E-state index contributed by atoms with van der Waals surface area (Å²) in [5.74, 6) is 0.493. The van der Waals surface area contributed by atoms with Gasteiger partial charge in [-0.3, -0.25) is 4.79 Å². The minimum atomic E-state index is -0.553. The standard InChI is InChI=1S/C15H31N3O/c1-12(2)13-8-7-11-18(13)10-6-5-9-15(3,17-4)14(16)19/h12-13,17H,5-11H2,1-4H3,(H2,16,19). The SMILES string of the molecule is CNC(C)(CCCCN1CCCC1C(C)C)C(N)=O. The third kappa shape index (κ3) is 4.46. The number of nitrogens with two attached hydrogens (primary N) is 1. The quantitative estimate of drug-likeness (QED) is 0.660. The van der Waals surface area contributed by atoms with Gasteiger partial charge in [-0.05, 0) is 65.1 Å². The van der Waals surface area contributed by atoms with Gasteiger partial charge in [0, 0.05) is 6.04 Å². The topological polar surface area (TPSA) is 58.4 Å². The molecule has 0 bridgehead atoms. The van der Waals surface area contributed by atoms with Crippen molar-refractivity contribution in [2.45, 2.75) is 64.5 Å². The molecule has 0 aliphatic carbocycles. The summed E-state index contributed by atoms with van der Waals surface area (Å²) in [6, 6.07) is 0.756. The predicted octanol–water partition coefficient (Wildman–Crippen LogP) is 1.74. The summed E-state index contributed by atoms with van der Waals surface area (Å²) in [6.07, 6.45) is 5.68. The second kappa shape index (κ2) is 7.25. The molecule has 3 N–H and O–H groups in total. The highest BCUT2D eigenvalue weighted by molar-refractivity contribution is 5.84. The Kier molecular flexibility index (Phi) is 6.27. The summed E-state index contributed by atoms with van der Waals surface area (Å²) < 4.78 is 0. The first-order chi connectivity index (χ1) is 8.90. The third-order valence-corrected chi connectivity index (χ3v) is 4.65. The zero-order valence-electron chi connectivity index (χ0n) is 13.0. The van der Waals surface area contributed by atoms with Crippen LogP contribution < -0.4 is 11.1 Å². The molecule has 1 amide bonds. The molecule has 4 nitrogen and oxygen atoms in total. The lowest BCUT2D eigenvalue weighted by molar-refractivity contribution is -0.123. The molecule has 1 fully saturated rings. The minimum absolute atomic E-state index is 0.253. The van der Waals surface area contributed by atoms with Gasteiger partial charge in [0.1, 0.15) is 0 Å². The van der Waals surface area contributed by atoms with E-state index >= 15 is 0 Å². The van der Waals surface area contributed by atoms with Gasteiger partial charge in [-0.25, -0.2) is 0 Å². The average Bonchev–Trinajstić information content (AvgIpc) is 2.82. The van der Waals surface area contributed by atoms with E-state index in [-0.39, 0.29) is 5.91 Å². The van der Waals surface area contributed by atoms with Crippen molar-refractivity contribution in [2.24, 2.45) is 11.7 Å². The molecule has 0 aromatic heterocycles. The Morgan fingerprint density at radius 3 is 2.68 bits per heavy atom. The molecule has 1 rings (SSSR count). The number of likely N-dealkylation sites (N-methyl/N-ethyl adjacent to an activating group) is 1. The van der Waals surface area contributed by atoms with Gasteiger partial charge in [-0.1, -0.05) is 13.8 Å². The van der Waals surface area contributed by atoms with Gasteiger partial charge in [-0.2, -0.15) is 0 Å². The van der Waals surface area contributed by atoms with Crippen LogP contribution in [0.5, 0.6) is 0 Å². The Bertz CT molecular complexity index is 293. The minimum Gasteiger partial charge on any atom is -0.368 e. The van der Waals surface area contributed by atoms with Crippen molar-refractivity contribution in [3.8, 4) is 0 Å². The summed E-state index contributed by atoms with van der Waals surface area (Å²) in [4.78, 5) is 14.0. The fourth-order valence-electron chi connectivity index (χ4n) is 3.05. The molecule has 1 heterocycles. The van der Waals surface area contributed by atoms with E-state index < -0.39 is 5.54 Å². The lowest BCUT2D eigenvalue weighted by Crippen LogP contribution is -2.51. The second-order valence-corrected chi connectivity index (χ2v) is 6.39. The molecule has 19 heavy (non-hydrogen) atoms. The normalized spacial score (nSPS) is 23.7. The molecule has 1 saturated heterocycles. The maximum Gasteiger partial charge on any atom is 0.237 e. The molecule has 0 spiro atoms. The first-order valence-corrected chi connectivity index (χ1v) is 7.63. The third-order valence-electron chi connectivity index (χ3n) is 4.65. The molecule has 1 aliphatic rings. The van der Waals surface area contributed by atoms with Crippen LogP contribution in [0.25, 0.3) is 0 Å². The maximum absolute atomic E-state index is 11.4.